The van der Waals surface area contributed by atoms with Crippen LogP contribution in [0.15, 0.2) is 42.6 Å². The SMILES string of the molecule is O=C(CCCCCCNc1c2c(nc3c(Cl)cc(Cl)cc13)CCCC2)NCCc1c[nH]c2ccccc12. The summed E-state index contributed by atoms with van der Waals surface area (Å²) in [7, 11) is 0. The van der Waals surface area contributed by atoms with E-state index in [2.05, 4.69) is 27.8 Å². The fourth-order valence-electron chi connectivity index (χ4n) is 5.39. The van der Waals surface area contributed by atoms with Gasteiger partial charge in [-0.2, -0.15) is 0 Å². The Morgan fingerprint density at radius 1 is 0.973 bits per heavy atom. The van der Waals surface area contributed by atoms with E-state index in [-0.39, 0.29) is 5.91 Å². The number of carbonyl (C=O) groups excluding carboxylic acids is 1. The molecule has 0 bridgehead atoms. The summed E-state index contributed by atoms with van der Waals surface area (Å²) in [6, 6.07) is 12.0. The number of unbranched alkanes of at least 4 members (excludes halogenated alkanes) is 3. The first-order valence-corrected chi connectivity index (χ1v) is 14.2. The van der Waals surface area contributed by atoms with Gasteiger partial charge in [-0.1, -0.05) is 54.2 Å². The molecule has 2 aromatic heterocycles. The van der Waals surface area contributed by atoms with Crippen molar-refractivity contribution < 1.29 is 4.79 Å². The number of aryl methyl sites for hydroxylation is 1. The molecule has 0 atom stereocenters. The zero-order chi connectivity index (χ0) is 25.6. The Kier molecular flexibility index (Phi) is 8.52. The maximum absolute atomic E-state index is 12.3. The Morgan fingerprint density at radius 2 is 1.81 bits per heavy atom. The highest BCUT2D eigenvalue weighted by Gasteiger charge is 2.19. The van der Waals surface area contributed by atoms with Crippen molar-refractivity contribution in [2.75, 3.05) is 18.4 Å². The van der Waals surface area contributed by atoms with Crippen molar-refractivity contribution in [3.05, 3.63) is 69.5 Å². The summed E-state index contributed by atoms with van der Waals surface area (Å²) in [5.41, 5.74) is 6.87. The van der Waals surface area contributed by atoms with Gasteiger partial charge in [-0.15, -0.1) is 0 Å². The summed E-state index contributed by atoms with van der Waals surface area (Å²) in [5, 5.41) is 10.3. The second kappa shape index (κ2) is 12.2. The van der Waals surface area contributed by atoms with Gasteiger partial charge in [0, 0.05) is 58.4 Å². The lowest BCUT2D eigenvalue weighted by Gasteiger charge is -2.22. The second-order valence-electron chi connectivity index (χ2n) is 9.95. The summed E-state index contributed by atoms with van der Waals surface area (Å²) in [6.45, 7) is 1.55. The predicted octanol–water partition coefficient (Wildman–Crippen LogP) is 7.62. The number of fused-ring (bicyclic) bond motifs is 3. The standard InChI is InChI=1S/C30H34Cl2N4O/c31-21-17-24-29(23-10-5-7-12-27(23)36-30(24)25(32)18-21)34-15-8-2-1-3-13-28(37)33-16-14-20-19-35-26-11-6-4-9-22(20)26/h4,6,9,11,17-19,35H,1-3,5,7-8,10,12-16H2,(H,33,37)(H,34,36). The van der Waals surface area contributed by atoms with E-state index in [1.54, 1.807) is 6.07 Å². The summed E-state index contributed by atoms with van der Waals surface area (Å²) in [6.07, 6.45) is 12.0. The number of para-hydroxylation sites is 1. The zero-order valence-electron chi connectivity index (χ0n) is 21.1. The normalized spacial score (nSPS) is 13.1. The average molecular weight is 538 g/mol. The molecule has 0 aliphatic heterocycles. The number of nitrogens with zero attached hydrogens (tertiary/aromatic N) is 1. The lowest BCUT2D eigenvalue weighted by atomic mass is 9.92. The Labute approximate surface area is 228 Å². The number of carbonyl (C=O) groups is 1. The van der Waals surface area contributed by atoms with Crippen molar-refractivity contribution >= 4 is 56.6 Å². The van der Waals surface area contributed by atoms with Crippen LogP contribution in [0.25, 0.3) is 21.8 Å². The van der Waals surface area contributed by atoms with Gasteiger partial charge in [0.2, 0.25) is 5.91 Å². The monoisotopic (exact) mass is 536 g/mol. The molecule has 5 rings (SSSR count). The molecule has 1 aliphatic carbocycles. The van der Waals surface area contributed by atoms with Crippen LogP contribution < -0.4 is 10.6 Å². The molecule has 194 valence electrons. The van der Waals surface area contributed by atoms with Gasteiger partial charge in [-0.05, 0) is 74.3 Å². The third-order valence-corrected chi connectivity index (χ3v) is 7.81. The number of aromatic nitrogens is 2. The average Bonchev–Trinajstić information content (AvgIpc) is 3.31. The first-order chi connectivity index (χ1) is 18.1. The Bertz CT molecular complexity index is 1400. The molecule has 0 saturated heterocycles. The Balaban J connectivity index is 1.04. The van der Waals surface area contributed by atoms with E-state index in [1.807, 2.05) is 24.4 Å². The van der Waals surface area contributed by atoms with Gasteiger partial charge in [0.05, 0.1) is 10.5 Å². The molecule has 37 heavy (non-hydrogen) atoms. The number of hydrogen-bond donors (Lipinski definition) is 3. The van der Waals surface area contributed by atoms with Crippen LogP contribution >= 0.6 is 23.2 Å². The number of aromatic amines is 1. The van der Waals surface area contributed by atoms with Gasteiger partial charge < -0.3 is 15.6 Å². The van der Waals surface area contributed by atoms with Crippen molar-refractivity contribution in [1.29, 1.82) is 0 Å². The molecule has 0 fully saturated rings. The third kappa shape index (κ3) is 6.22. The lowest BCUT2D eigenvalue weighted by molar-refractivity contribution is -0.121. The Hall–Kier alpha value is -2.76. The second-order valence-corrected chi connectivity index (χ2v) is 10.8. The van der Waals surface area contributed by atoms with Crippen LogP contribution in [-0.4, -0.2) is 29.0 Å². The lowest BCUT2D eigenvalue weighted by Crippen LogP contribution is -2.25. The van der Waals surface area contributed by atoms with Crippen LogP contribution in [0.2, 0.25) is 10.0 Å². The van der Waals surface area contributed by atoms with Crippen LogP contribution in [-0.2, 0) is 24.1 Å². The molecule has 0 spiro atoms. The molecule has 0 unspecified atom stereocenters. The highest BCUT2D eigenvalue weighted by Crippen LogP contribution is 2.37. The molecular formula is C30H34Cl2N4O. The number of amides is 1. The van der Waals surface area contributed by atoms with Gasteiger partial charge in [0.1, 0.15) is 0 Å². The third-order valence-electron chi connectivity index (χ3n) is 7.31. The largest absolute Gasteiger partial charge is 0.384 e. The summed E-state index contributed by atoms with van der Waals surface area (Å²) < 4.78 is 0. The van der Waals surface area contributed by atoms with Crippen molar-refractivity contribution in [2.24, 2.45) is 0 Å². The molecule has 5 nitrogen and oxygen atoms in total. The first-order valence-electron chi connectivity index (χ1n) is 13.5. The van der Waals surface area contributed by atoms with Gasteiger partial charge in [0.25, 0.3) is 0 Å². The van der Waals surface area contributed by atoms with Crippen molar-refractivity contribution in [3.63, 3.8) is 0 Å². The van der Waals surface area contributed by atoms with Gasteiger partial charge >= 0.3 is 0 Å². The molecule has 1 amide bonds. The topological polar surface area (TPSA) is 69.8 Å². The van der Waals surface area contributed by atoms with E-state index in [9.17, 15) is 4.79 Å². The smallest absolute Gasteiger partial charge is 0.220 e. The first kappa shape index (κ1) is 25.9. The maximum atomic E-state index is 12.3. The van der Waals surface area contributed by atoms with Crippen LogP contribution in [0.3, 0.4) is 0 Å². The van der Waals surface area contributed by atoms with Gasteiger partial charge in [-0.3, -0.25) is 9.78 Å². The van der Waals surface area contributed by atoms with Crippen LogP contribution in [0.5, 0.6) is 0 Å². The molecule has 0 saturated carbocycles. The number of anilines is 1. The Morgan fingerprint density at radius 3 is 2.73 bits per heavy atom. The van der Waals surface area contributed by atoms with Crippen molar-refractivity contribution in [3.8, 4) is 0 Å². The predicted molar refractivity (Wildman–Crippen MR) is 155 cm³/mol. The van der Waals surface area contributed by atoms with E-state index < -0.39 is 0 Å². The number of H-pyrrole nitrogens is 1. The number of hydrogen-bond acceptors (Lipinski definition) is 3. The summed E-state index contributed by atoms with van der Waals surface area (Å²) in [4.78, 5) is 20.4. The van der Waals surface area contributed by atoms with Crippen molar-refractivity contribution in [1.82, 2.24) is 15.3 Å². The number of halogens is 2. The van der Waals surface area contributed by atoms with Crippen LogP contribution in [0, 0.1) is 0 Å². The molecule has 3 N–H and O–H groups in total. The number of benzene rings is 2. The minimum absolute atomic E-state index is 0.140. The van der Waals surface area contributed by atoms with Gasteiger partial charge in [-0.25, -0.2) is 0 Å². The van der Waals surface area contributed by atoms with E-state index in [0.29, 0.717) is 23.0 Å². The van der Waals surface area contributed by atoms with Crippen molar-refractivity contribution in [2.45, 2.75) is 64.2 Å². The van der Waals surface area contributed by atoms with Crippen LogP contribution in [0.4, 0.5) is 5.69 Å². The number of pyridine rings is 1. The molecule has 0 radical (unpaired) electrons. The van der Waals surface area contributed by atoms with E-state index >= 15 is 0 Å². The minimum Gasteiger partial charge on any atom is -0.384 e. The molecule has 2 aromatic carbocycles. The number of rotatable bonds is 11. The molecule has 4 aromatic rings. The van der Waals surface area contributed by atoms with E-state index in [0.717, 1.165) is 73.6 Å². The fourth-order valence-corrected chi connectivity index (χ4v) is 5.93. The molecular weight excluding hydrogens is 503 g/mol. The summed E-state index contributed by atoms with van der Waals surface area (Å²) in [5.74, 6) is 0.140. The van der Waals surface area contributed by atoms with Crippen LogP contribution in [0.1, 0.15) is 61.8 Å². The van der Waals surface area contributed by atoms with E-state index in [1.165, 1.54) is 35.0 Å². The highest BCUT2D eigenvalue weighted by atomic mass is 35.5. The summed E-state index contributed by atoms with van der Waals surface area (Å²) >= 11 is 12.8. The van der Waals surface area contributed by atoms with E-state index in [4.69, 9.17) is 28.2 Å². The zero-order valence-corrected chi connectivity index (χ0v) is 22.6. The highest BCUT2D eigenvalue weighted by molar-refractivity contribution is 6.38. The minimum atomic E-state index is 0.140. The fraction of sp³-hybridized carbons (Fsp3) is 0.400. The molecule has 7 heteroatoms. The quantitative estimate of drug-likeness (QED) is 0.172. The molecule has 2 heterocycles. The molecule has 1 aliphatic rings. The number of nitrogens with one attached hydrogen (secondary N) is 3. The van der Waals surface area contributed by atoms with Gasteiger partial charge in [0.15, 0.2) is 0 Å². The maximum Gasteiger partial charge on any atom is 0.220 e.